The molecule has 1 amide bonds. The molecule has 0 saturated heterocycles. The third-order valence-corrected chi connectivity index (χ3v) is 3.40. The van der Waals surface area contributed by atoms with Gasteiger partial charge in [-0.15, -0.1) is 0 Å². The van der Waals surface area contributed by atoms with E-state index in [1.54, 1.807) is 6.08 Å². The molecule has 0 fully saturated rings. The quantitative estimate of drug-likeness (QED) is 0.708. The molecule has 0 aliphatic carbocycles. The Kier molecular flexibility index (Phi) is 3.83. The van der Waals surface area contributed by atoms with Gasteiger partial charge in [-0.05, 0) is 35.9 Å². The van der Waals surface area contributed by atoms with Gasteiger partial charge in [0.05, 0.1) is 11.0 Å². The van der Waals surface area contributed by atoms with Crippen molar-refractivity contribution in [2.45, 2.75) is 0 Å². The van der Waals surface area contributed by atoms with E-state index in [1.165, 1.54) is 6.08 Å². The normalized spacial score (nSPS) is 11.1. The number of imidazole rings is 1. The van der Waals surface area contributed by atoms with Crippen molar-refractivity contribution < 1.29 is 4.79 Å². The second kappa shape index (κ2) is 5.93. The minimum Gasteiger partial charge on any atom is -0.324 e. The first-order valence-electron chi connectivity index (χ1n) is 6.40. The average molecular weight is 342 g/mol. The summed E-state index contributed by atoms with van der Waals surface area (Å²) in [5.74, 6) is 0.217. The number of fused-ring (bicyclic) bond motifs is 1. The smallest absolute Gasteiger partial charge is 0.250 e. The summed E-state index contributed by atoms with van der Waals surface area (Å²) in [6.45, 7) is 0. The maximum atomic E-state index is 11.9. The molecular weight excluding hydrogens is 330 g/mol. The first-order valence-corrected chi connectivity index (χ1v) is 7.19. The molecule has 3 rings (SSSR count). The molecule has 0 bridgehead atoms. The van der Waals surface area contributed by atoms with Gasteiger partial charge in [-0.1, -0.05) is 40.2 Å². The van der Waals surface area contributed by atoms with Crippen LogP contribution in [0.5, 0.6) is 0 Å². The fraction of sp³-hybridized carbons (Fsp3) is 0. The van der Waals surface area contributed by atoms with E-state index in [4.69, 9.17) is 0 Å². The first kappa shape index (κ1) is 13.6. The van der Waals surface area contributed by atoms with Crippen molar-refractivity contribution in [3.63, 3.8) is 0 Å². The first-order chi connectivity index (χ1) is 10.2. The van der Waals surface area contributed by atoms with E-state index in [0.717, 1.165) is 21.1 Å². The lowest BCUT2D eigenvalue weighted by atomic mass is 10.2. The topological polar surface area (TPSA) is 57.8 Å². The Morgan fingerprint density at radius 3 is 2.86 bits per heavy atom. The number of rotatable bonds is 3. The van der Waals surface area contributed by atoms with E-state index in [0.29, 0.717) is 5.95 Å². The fourth-order valence-electron chi connectivity index (χ4n) is 1.95. The summed E-state index contributed by atoms with van der Waals surface area (Å²) in [5.41, 5.74) is 2.66. The molecular formula is C16H12BrN3O. The van der Waals surface area contributed by atoms with E-state index in [9.17, 15) is 4.79 Å². The lowest BCUT2D eigenvalue weighted by Gasteiger charge is -1.97. The molecule has 5 heteroatoms. The van der Waals surface area contributed by atoms with Crippen LogP contribution in [-0.2, 0) is 4.79 Å². The SMILES string of the molecule is O=C(C=Cc1cccc(Br)c1)Nc1nc2ccccc2[nH]1. The molecule has 104 valence electrons. The second-order valence-electron chi connectivity index (χ2n) is 4.48. The molecule has 0 atom stereocenters. The van der Waals surface area contributed by atoms with Crippen LogP contribution in [0.4, 0.5) is 5.95 Å². The highest BCUT2D eigenvalue weighted by atomic mass is 79.9. The van der Waals surface area contributed by atoms with Crippen LogP contribution in [0, 0.1) is 0 Å². The molecule has 3 aromatic rings. The van der Waals surface area contributed by atoms with Crippen LogP contribution >= 0.6 is 15.9 Å². The highest BCUT2D eigenvalue weighted by Gasteiger charge is 2.03. The summed E-state index contributed by atoms with van der Waals surface area (Å²) in [5, 5.41) is 2.71. The van der Waals surface area contributed by atoms with E-state index in [2.05, 4.69) is 31.2 Å². The van der Waals surface area contributed by atoms with Gasteiger partial charge in [0.15, 0.2) is 0 Å². The number of benzene rings is 2. The summed E-state index contributed by atoms with van der Waals surface area (Å²) in [7, 11) is 0. The minimum atomic E-state index is -0.228. The number of hydrogen-bond acceptors (Lipinski definition) is 2. The van der Waals surface area contributed by atoms with Crippen molar-refractivity contribution >= 4 is 44.9 Å². The fourth-order valence-corrected chi connectivity index (χ4v) is 2.37. The Hall–Kier alpha value is -2.40. The van der Waals surface area contributed by atoms with Gasteiger partial charge >= 0.3 is 0 Å². The standard InChI is InChI=1S/C16H12BrN3O/c17-12-5-3-4-11(10-12)8-9-15(21)20-16-18-13-6-1-2-7-14(13)19-16/h1-10H,(H2,18,19,20,21). The number of anilines is 1. The summed E-state index contributed by atoms with van der Waals surface area (Å²) in [6.07, 6.45) is 3.23. The number of halogens is 1. The van der Waals surface area contributed by atoms with Crippen molar-refractivity contribution in [3.05, 3.63) is 64.6 Å². The summed E-state index contributed by atoms with van der Waals surface area (Å²) in [4.78, 5) is 19.2. The average Bonchev–Trinajstić information content (AvgIpc) is 2.87. The minimum absolute atomic E-state index is 0.228. The molecule has 0 aliphatic heterocycles. The van der Waals surface area contributed by atoms with E-state index in [1.807, 2.05) is 48.5 Å². The van der Waals surface area contributed by atoms with Crippen molar-refractivity contribution in [1.29, 1.82) is 0 Å². The molecule has 0 unspecified atom stereocenters. The van der Waals surface area contributed by atoms with Gasteiger partial charge in [0.1, 0.15) is 0 Å². The van der Waals surface area contributed by atoms with Crippen molar-refractivity contribution in [1.82, 2.24) is 9.97 Å². The van der Waals surface area contributed by atoms with Crippen LogP contribution in [0.25, 0.3) is 17.1 Å². The van der Waals surface area contributed by atoms with Crippen molar-refractivity contribution in [2.75, 3.05) is 5.32 Å². The van der Waals surface area contributed by atoms with Gasteiger partial charge in [0, 0.05) is 10.5 Å². The molecule has 2 aromatic carbocycles. The molecule has 0 aliphatic rings. The Balaban J connectivity index is 1.71. The molecule has 2 N–H and O–H groups in total. The maximum absolute atomic E-state index is 11.9. The number of aromatic nitrogens is 2. The number of hydrogen-bond donors (Lipinski definition) is 2. The molecule has 0 spiro atoms. The highest BCUT2D eigenvalue weighted by Crippen LogP contribution is 2.14. The number of H-pyrrole nitrogens is 1. The highest BCUT2D eigenvalue weighted by molar-refractivity contribution is 9.10. The molecule has 0 saturated carbocycles. The number of aromatic amines is 1. The lowest BCUT2D eigenvalue weighted by molar-refractivity contribution is -0.111. The summed E-state index contributed by atoms with van der Waals surface area (Å²) in [6, 6.07) is 15.3. The zero-order chi connectivity index (χ0) is 14.7. The largest absolute Gasteiger partial charge is 0.324 e. The predicted molar refractivity (Wildman–Crippen MR) is 87.9 cm³/mol. The zero-order valence-electron chi connectivity index (χ0n) is 11.0. The maximum Gasteiger partial charge on any atom is 0.250 e. The van der Waals surface area contributed by atoms with Gasteiger partial charge in [-0.3, -0.25) is 10.1 Å². The van der Waals surface area contributed by atoms with Gasteiger partial charge in [0.25, 0.3) is 5.91 Å². The molecule has 0 radical (unpaired) electrons. The van der Waals surface area contributed by atoms with Gasteiger partial charge in [0.2, 0.25) is 5.95 Å². The lowest BCUT2D eigenvalue weighted by Crippen LogP contribution is -2.08. The van der Waals surface area contributed by atoms with Crippen molar-refractivity contribution in [2.24, 2.45) is 0 Å². The van der Waals surface area contributed by atoms with E-state index in [-0.39, 0.29) is 5.91 Å². The third kappa shape index (κ3) is 3.38. The number of amides is 1. The van der Waals surface area contributed by atoms with Gasteiger partial charge in [-0.2, -0.15) is 0 Å². The Morgan fingerprint density at radius 2 is 2.05 bits per heavy atom. The molecule has 1 aromatic heterocycles. The van der Waals surface area contributed by atoms with E-state index < -0.39 is 0 Å². The van der Waals surface area contributed by atoms with E-state index >= 15 is 0 Å². The van der Waals surface area contributed by atoms with Crippen LogP contribution in [0.1, 0.15) is 5.56 Å². The van der Waals surface area contributed by atoms with Crippen LogP contribution in [0.3, 0.4) is 0 Å². The molecule has 4 nitrogen and oxygen atoms in total. The van der Waals surface area contributed by atoms with Crippen LogP contribution in [0.15, 0.2) is 59.1 Å². The zero-order valence-corrected chi connectivity index (χ0v) is 12.6. The van der Waals surface area contributed by atoms with Gasteiger partial charge in [-0.25, -0.2) is 4.98 Å². The number of carbonyl (C=O) groups is 1. The van der Waals surface area contributed by atoms with Crippen molar-refractivity contribution in [3.8, 4) is 0 Å². The summed E-state index contributed by atoms with van der Waals surface area (Å²) >= 11 is 3.39. The second-order valence-corrected chi connectivity index (χ2v) is 5.40. The predicted octanol–water partition coefficient (Wildman–Crippen LogP) is 3.98. The monoisotopic (exact) mass is 341 g/mol. The molecule has 21 heavy (non-hydrogen) atoms. The number of para-hydroxylation sites is 2. The Labute approximate surface area is 130 Å². The number of nitrogens with one attached hydrogen (secondary N) is 2. The van der Waals surface area contributed by atoms with Crippen LogP contribution < -0.4 is 5.32 Å². The Morgan fingerprint density at radius 1 is 1.19 bits per heavy atom. The third-order valence-electron chi connectivity index (χ3n) is 2.91. The number of carbonyl (C=O) groups excluding carboxylic acids is 1. The summed E-state index contributed by atoms with van der Waals surface area (Å²) < 4.78 is 0.974. The van der Waals surface area contributed by atoms with Crippen LogP contribution in [-0.4, -0.2) is 15.9 Å². The van der Waals surface area contributed by atoms with Gasteiger partial charge < -0.3 is 4.98 Å². The molecule has 1 heterocycles. The number of nitrogens with zero attached hydrogens (tertiary/aromatic N) is 1. The van der Waals surface area contributed by atoms with Crippen LogP contribution in [0.2, 0.25) is 0 Å². The Bertz CT molecular complexity index is 790.